The van der Waals surface area contributed by atoms with Gasteiger partial charge in [-0.2, -0.15) is 8.75 Å². The molecular formula is C42H54N10O6S2. The molecule has 0 bridgehead atoms. The Kier molecular flexibility index (Phi) is 14.7. The summed E-state index contributed by atoms with van der Waals surface area (Å²) in [6.07, 6.45) is 7.98. The number of urea groups is 2. The number of ketones is 2. The number of Topliss-reactive ketones (excluding diaryl/α,β-unsaturated/α-hetero) is 2. The summed E-state index contributed by atoms with van der Waals surface area (Å²) in [6.45, 7) is 11.6. The molecule has 0 radical (unpaired) electrons. The zero-order chi connectivity index (χ0) is 42.0. The molecule has 4 N–H and O–H groups in total. The summed E-state index contributed by atoms with van der Waals surface area (Å²) < 4.78 is 19.2. The van der Waals surface area contributed by atoms with Crippen LogP contribution in [0.25, 0.3) is 0 Å². The number of rotatable bonds is 11. The summed E-state index contributed by atoms with van der Waals surface area (Å²) in [6, 6.07) is 10.5. The van der Waals surface area contributed by atoms with E-state index < -0.39 is 12.1 Å². The van der Waals surface area contributed by atoms with E-state index in [0.29, 0.717) is 70.8 Å². The zero-order valence-electron chi connectivity index (χ0n) is 34.5. The Hall–Kier alpha value is -5.04. The van der Waals surface area contributed by atoms with Gasteiger partial charge in [-0.05, 0) is 69.0 Å². The highest BCUT2D eigenvalue weighted by atomic mass is 32.1. The third-order valence-electron chi connectivity index (χ3n) is 11.2. The molecular weight excluding hydrogens is 805 g/mol. The smallest absolute Gasteiger partial charge is 0.325 e. The van der Waals surface area contributed by atoms with Crippen LogP contribution in [0.3, 0.4) is 0 Å². The third-order valence-corrected chi connectivity index (χ3v) is 12.5. The van der Waals surface area contributed by atoms with E-state index >= 15 is 0 Å². The summed E-state index contributed by atoms with van der Waals surface area (Å²) in [4.78, 5) is 64.5. The van der Waals surface area contributed by atoms with Crippen LogP contribution in [0.4, 0.5) is 42.6 Å². The van der Waals surface area contributed by atoms with Crippen LogP contribution in [-0.4, -0.2) is 95.0 Å². The van der Waals surface area contributed by atoms with Crippen LogP contribution in [0.15, 0.2) is 36.4 Å². The minimum Gasteiger partial charge on any atom is -0.378 e. The fourth-order valence-corrected chi connectivity index (χ4v) is 9.19. The van der Waals surface area contributed by atoms with Crippen molar-refractivity contribution < 1.29 is 28.7 Å². The number of amides is 4. The fourth-order valence-electron chi connectivity index (χ4n) is 7.91. The highest BCUT2D eigenvalue weighted by Gasteiger charge is 2.29. The first kappa shape index (κ1) is 43.1. The number of nitrogens with one attached hydrogen (secondary N) is 4. The Labute approximate surface area is 358 Å². The number of carbonyl (C=O) groups is 4. The van der Waals surface area contributed by atoms with Crippen molar-refractivity contribution in [1.82, 2.24) is 18.7 Å². The highest BCUT2D eigenvalue weighted by Crippen LogP contribution is 2.34. The molecule has 320 valence electrons. The molecule has 0 unspecified atom stereocenters. The van der Waals surface area contributed by atoms with Gasteiger partial charge in [0, 0.05) is 89.5 Å². The van der Waals surface area contributed by atoms with Crippen molar-refractivity contribution in [2.45, 2.75) is 78.1 Å². The van der Waals surface area contributed by atoms with E-state index in [1.165, 1.54) is 0 Å². The molecule has 4 aliphatic rings. The van der Waals surface area contributed by atoms with Gasteiger partial charge in [-0.3, -0.25) is 20.2 Å². The van der Waals surface area contributed by atoms with E-state index in [9.17, 15) is 19.2 Å². The minimum atomic E-state index is -0.430. The van der Waals surface area contributed by atoms with E-state index in [-0.39, 0.29) is 29.3 Å². The first-order chi connectivity index (χ1) is 29.1. The van der Waals surface area contributed by atoms with Crippen LogP contribution in [0.1, 0.15) is 103 Å². The summed E-state index contributed by atoms with van der Waals surface area (Å²) in [5.74, 6) is 1.79. The molecule has 4 amide bonds. The maximum absolute atomic E-state index is 13.3. The number of carbonyl (C=O) groups excluding carboxylic acids is 4. The number of hydrogen-bond acceptors (Lipinski definition) is 14. The highest BCUT2D eigenvalue weighted by molar-refractivity contribution is 7.10. The monoisotopic (exact) mass is 858 g/mol. The lowest BCUT2D eigenvalue weighted by molar-refractivity contribution is 0.0916. The second kappa shape index (κ2) is 20.5. The molecule has 0 atom stereocenters. The molecule has 60 heavy (non-hydrogen) atoms. The SMILES string of the molecule is CC(C)c1nsc(NC(=O)Nc2ccc(N3CCOCC3)cc2C(=O)C2CCCC2)n1.Cc1nsc(NC(=O)Nc2ccc(N3CCOCC3)cc2C(=O)C2CCCC2)n1. The van der Waals surface area contributed by atoms with Crippen LogP contribution in [0.2, 0.25) is 0 Å². The van der Waals surface area contributed by atoms with Gasteiger partial charge in [0.25, 0.3) is 0 Å². The predicted octanol–water partition coefficient (Wildman–Crippen LogP) is 8.22. The average molecular weight is 859 g/mol. The van der Waals surface area contributed by atoms with Crippen molar-refractivity contribution in [3.05, 3.63) is 59.2 Å². The zero-order valence-corrected chi connectivity index (χ0v) is 36.1. The van der Waals surface area contributed by atoms with Crippen molar-refractivity contribution in [3.8, 4) is 0 Å². The molecule has 18 heteroatoms. The van der Waals surface area contributed by atoms with Gasteiger partial charge in [0.15, 0.2) is 11.6 Å². The second-order valence-corrected chi connectivity index (χ2v) is 17.3. The Morgan fingerprint density at radius 2 is 1.07 bits per heavy atom. The predicted molar refractivity (Wildman–Crippen MR) is 235 cm³/mol. The largest absolute Gasteiger partial charge is 0.378 e. The molecule has 2 aliphatic carbocycles. The van der Waals surface area contributed by atoms with Crippen molar-refractivity contribution in [1.29, 1.82) is 0 Å². The van der Waals surface area contributed by atoms with E-state index in [1.54, 1.807) is 6.92 Å². The number of aryl methyl sites for hydroxylation is 1. The van der Waals surface area contributed by atoms with Gasteiger partial charge in [-0.25, -0.2) is 19.6 Å². The molecule has 4 fully saturated rings. The van der Waals surface area contributed by atoms with Crippen LogP contribution in [0.5, 0.6) is 0 Å². The first-order valence-electron chi connectivity index (χ1n) is 20.9. The number of ether oxygens (including phenoxy) is 2. The Morgan fingerprint density at radius 1 is 0.633 bits per heavy atom. The summed E-state index contributed by atoms with van der Waals surface area (Å²) in [5.41, 5.74) is 4.18. The summed E-state index contributed by atoms with van der Waals surface area (Å²) in [7, 11) is 0. The fraction of sp³-hybridized carbons (Fsp3) is 0.524. The molecule has 0 spiro atoms. The molecule has 16 nitrogen and oxygen atoms in total. The lowest BCUT2D eigenvalue weighted by Gasteiger charge is -2.29. The minimum absolute atomic E-state index is 0.0281. The number of aromatic nitrogens is 4. The number of nitrogens with zero attached hydrogens (tertiary/aromatic N) is 6. The molecule has 4 aromatic rings. The van der Waals surface area contributed by atoms with Gasteiger partial charge >= 0.3 is 12.1 Å². The van der Waals surface area contributed by atoms with E-state index in [2.05, 4.69) is 49.8 Å². The van der Waals surface area contributed by atoms with Gasteiger partial charge in [-0.1, -0.05) is 39.5 Å². The Balaban J connectivity index is 0.000000182. The van der Waals surface area contributed by atoms with Crippen LogP contribution in [-0.2, 0) is 9.47 Å². The van der Waals surface area contributed by atoms with E-state index in [4.69, 9.17) is 9.47 Å². The Bertz CT molecular complexity index is 2120. The van der Waals surface area contributed by atoms with E-state index in [0.717, 1.165) is 112 Å². The van der Waals surface area contributed by atoms with Gasteiger partial charge in [0.05, 0.1) is 37.8 Å². The third kappa shape index (κ3) is 11.2. The number of hydrogen-bond donors (Lipinski definition) is 4. The molecule has 2 aromatic heterocycles. The van der Waals surface area contributed by atoms with Crippen molar-refractivity contribution in [2.24, 2.45) is 11.8 Å². The van der Waals surface area contributed by atoms with E-state index in [1.807, 2.05) is 50.2 Å². The molecule has 2 saturated heterocycles. The molecule has 2 aliphatic heterocycles. The summed E-state index contributed by atoms with van der Waals surface area (Å²) >= 11 is 2.27. The Morgan fingerprint density at radius 3 is 1.47 bits per heavy atom. The topological polar surface area (TPSA) is 193 Å². The van der Waals surface area contributed by atoms with Crippen LogP contribution < -0.4 is 31.1 Å². The maximum atomic E-state index is 13.3. The van der Waals surface area contributed by atoms with Gasteiger partial charge < -0.3 is 29.9 Å². The standard InChI is InChI=1S/C22H29N5O3S.C20H25N5O3S/c1-14(2)20-24-22(31-26-20)25-21(29)23-18-8-7-16(27-9-11-30-12-10-27)13-17(18)19(28)15-5-3-4-6-15;1-13-21-20(29-24-13)23-19(27)22-17-7-6-15(25-8-10-28-11-9-25)12-16(17)18(26)14-4-2-3-5-14/h7-8,13-15H,3-6,9-12H2,1-2H3,(H2,23,24,25,26,29);6-7,12,14H,2-5,8-11H2,1H3,(H2,21,22,23,24,27). The number of benzene rings is 2. The molecule has 2 aromatic carbocycles. The quantitative estimate of drug-likeness (QED) is 0.106. The van der Waals surface area contributed by atoms with Crippen LogP contribution >= 0.6 is 23.1 Å². The molecule has 8 rings (SSSR count). The lowest BCUT2D eigenvalue weighted by atomic mass is 9.94. The molecule has 2 saturated carbocycles. The second-order valence-electron chi connectivity index (χ2n) is 15.8. The maximum Gasteiger partial charge on any atom is 0.325 e. The van der Waals surface area contributed by atoms with Crippen molar-refractivity contribution in [3.63, 3.8) is 0 Å². The number of anilines is 6. The van der Waals surface area contributed by atoms with Gasteiger partial charge in [-0.15, -0.1) is 0 Å². The normalized spacial score (nSPS) is 17.3. The van der Waals surface area contributed by atoms with Gasteiger partial charge in [0.2, 0.25) is 10.3 Å². The lowest BCUT2D eigenvalue weighted by Crippen LogP contribution is -2.36. The van der Waals surface area contributed by atoms with Crippen LogP contribution in [0, 0.1) is 18.8 Å². The van der Waals surface area contributed by atoms with Crippen molar-refractivity contribution >= 4 is 79.7 Å². The summed E-state index contributed by atoms with van der Waals surface area (Å²) in [5, 5.41) is 12.0. The molecule has 4 heterocycles. The average Bonchev–Trinajstić information content (AvgIpc) is 4.12. The van der Waals surface area contributed by atoms with Crippen molar-refractivity contribution in [2.75, 3.05) is 83.7 Å². The number of morpholine rings is 2. The first-order valence-corrected chi connectivity index (χ1v) is 22.5. The van der Waals surface area contributed by atoms with Gasteiger partial charge in [0.1, 0.15) is 11.6 Å².